The van der Waals surface area contributed by atoms with Crippen molar-refractivity contribution in [1.82, 2.24) is 9.97 Å². The lowest BCUT2D eigenvalue weighted by Crippen LogP contribution is -2.02. The Hall–Kier alpha value is -2.41. The van der Waals surface area contributed by atoms with Crippen molar-refractivity contribution in [2.75, 3.05) is 5.32 Å². The summed E-state index contributed by atoms with van der Waals surface area (Å²) in [4.78, 5) is 8.02. The number of aryl methyl sites for hydroxylation is 1. The lowest BCUT2D eigenvalue weighted by atomic mass is 9.98. The number of hydrogen-bond acceptors (Lipinski definition) is 4. The Labute approximate surface area is 113 Å². The summed E-state index contributed by atoms with van der Waals surface area (Å²) >= 11 is 0. The van der Waals surface area contributed by atoms with E-state index >= 15 is 0 Å². The Morgan fingerprint density at radius 2 is 2.05 bits per heavy atom. The van der Waals surface area contributed by atoms with Crippen LogP contribution in [0.2, 0.25) is 0 Å². The Morgan fingerprint density at radius 3 is 2.74 bits per heavy atom. The SMILES string of the molecule is Cc1cccc(C(C)C)c1Nc1cc(C#N)ncn1. The van der Waals surface area contributed by atoms with Crippen LogP contribution >= 0.6 is 0 Å². The first-order valence-corrected chi connectivity index (χ1v) is 6.20. The molecule has 0 aliphatic rings. The normalized spacial score (nSPS) is 10.3. The molecule has 1 aromatic carbocycles. The number of benzene rings is 1. The van der Waals surface area contributed by atoms with E-state index in [0.717, 1.165) is 11.3 Å². The molecule has 0 bridgehead atoms. The predicted molar refractivity (Wildman–Crippen MR) is 75.3 cm³/mol. The van der Waals surface area contributed by atoms with Gasteiger partial charge in [-0.25, -0.2) is 9.97 Å². The number of rotatable bonds is 3. The molecule has 0 unspecified atom stereocenters. The molecule has 0 aliphatic carbocycles. The maximum Gasteiger partial charge on any atom is 0.145 e. The predicted octanol–water partition coefficient (Wildman–Crippen LogP) is 3.52. The van der Waals surface area contributed by atoms with Gasteiger partial charge in [-0.05, 0) is 24.0 Å². The Morgan fingerprint density at radius 1 is 1.26 bits per heavy atom. The summed E-state index contributed by atoms with van der Waals surface area (Å²) in [5.74, 6) is 1.06. The van der Waals surface area contributed by atoms with Crippen LogP contribution in [0.5, 0.6) is 0 Å². The molecular formula is C15H16N4. The van der Waals surface area contributed by atoms with Gasteiger partial charge in [0.1, 0.15) is 23.9 Å². The van der Waals surface area contributed by atoms with E-state index in [9.17, 15) is 0 Å². The van der Waals surface area contributed by atoms with Crippen molar-refractivity contribution in [2.24, 2.45) is 0 Å². The van der Waals surface area contributed by atoms with Gasteiger partial charge in [0.15, 0.2) is 0 Å². The van der Waals surface area contributed by atoms with Crippen molar-refractivity contribution in [3.63, 3.8) is 0 Å². The highest BCUT2D eigenvalue weighted by atomic mass is 15.0. The first kappa shape index (κ1) is 13.0. The van der Waals surface area contributed by atoms with Gasteiger partial charge in [-0.1, -0.05) is 32.0 Å². The minimum Gasteiger partial charge on any atom is -0.340 e. The van der Waals surface area contributed by atoms with Crippen molar-refractivity contribution < 1.29 is 0 Å². The van der Waals surface area contributed by atoms with Gasteiger partial charge < -0.3 is 5.32 Å². The van der Waals surface area contributed by atoms with Gasteiger partial charge in [-0.15, -0.1) is 0 Å². The smallest absolute Gasteiger partial charge is 0.145 e. The molecule has 2 aromatic rings. The van der Waals surface area contributed by atoms with Crippen molar-refractivity contribution in [3.05, 3.63) is 47.4 Å². The summed E-state index contributed by atoms with van der Waals surface area (Å²) in [6.07, 6.45) is 1.40. The molecule has 1 aromatic heterocycles. The third-order valence-corrected chi connectivity index (χ3v) is 2.96. The summed E-state index contributed by atoms with van der Waals surface area (Å²) in [7, 11) is 0. The third-order valence-electron chi connectivity index (χ3n) is 2.96. The number of nitrogens with zero attached hydrogens (tertiary/aromatic N) is 3. The third kappa shape index (κ3) is 2.89. The van der Waals surface area contributed by atoms with Crippen LogP contribution in [0.15, 0.2) is 30.6 Å². The number of nitrogens with one attached hydrogen (secondary N) is 1. The van der Waals surface area contributed by atoms with Crippen LogP contribution in [0, 0.1) is 18.3 Å². The topological polar surface area (TPSA) is 61.6 Å². The fourth-order valence-corrected chi connectivity index (χ4v) is 1.96. The largest absolute Gasteiger partial charge is 0.340 e. The molecule has 4 nitrogen and oxygen atoms in total. The number of hydrogen-bond donors (Lipinski definition) is 1. The fourth-order valence-electron chi connectivity index (χ4n) is 1.96. The molecule has 1 N–H and O–H groups in total. The molecule has 4 heteroatoms. The Balaban J connectivity index is 2.40. The molecule has 0 spiro atoms. The number of aromatic nitrogens is 2. The van der Waals surface area contributed by atoms with Crippen LogP contribution in [-0.2, 0) is 0 Å². The van der Waals surface area contributed by atoms with Crippen molar-refractivity contribution >= 4 is 11.5 Å². The monoisotopic (exact) mass is 252 g/mol. The Bertz CT molecular complexity index is 626. The van der Waals surface area contributed by atoms with Crippen LogP contribution < -0.4 is 5.32 Å². The van der Waals surface area contributed by atoms with Crippen LogP contribution in [0.4, 0.5) is 11.5 Å². The first-order valence-electron chi connectivity index (χ1n) is 6.20. The summed E-state index contributed by atoms with van der Waals surface area (Å²) in [5.41, 5.74) is 3.80. The zero-order valence-corrected chi connectivity index (χ0v) is 11.3. The molecule has 0 aliphatic heterocycles. The van der Waals surface area contributed by atoms with Gasteiger partial charge >= 0.3 is 0 Å². The fraction of sp³-hybridized carbons (Fsp3) is 0.267. The van der Waals surface area contributed by atoms with E-state index in [4.69, 9.17) is 5.26 Å². The molecule has 0 amide bonds. The average molecular weight is 252 g/mol. The van der Waals surface area contributed by atoms with E-state index in [0.29, 0.717) is 17.4 Å². The number of para-hydroxylation sites is 1. The Kier molecular flexibility index (Phi) is 3.76. The maximum absolute atomic E-state index is 8.86. The molecule has 96 valence electrons. The second kappa shape index (κ2) is 5.49. The highest BCUT2D eigenvalue weighted by molar-refractivity contribution is 5.65. The van der Waals surface area contributed by atoms with E-state index < -0.39 is 0 Å². The summed E-state index contributed by atoms with van der Waals surface area (Å²) in [6, 6.07) is 9.88. The molecule has 0 fully saturated rings. The van der Waals surface area contributed by atoms with Crippen LogP contribution in [-0.4, -0.2) is 9.97 Å². The zero-order chi connectivity index (χ0) is 13.8. The van der Waals surface area contributed by atoms with Crippen molar-refractivity contribution in [3.8, 4) is 6.07 Å². The zero-order valence-electron chi connectivity index (χ0n) is 11.3. The molecule has 0 radical (unpaired) electrons. The summed E-state index contributed by atoms with van der Waals surface area (Å²) in [6.45, 7) is 6.36. The molecule has 1 heterocycles. The van der Waals surface area contributed by atoms with Crippen LogP contribution in [0.25, 0.3) is 0 Å². The molecule has 0 saturated carbocycles. The number of nitriles is 1. The highest BCUT2D eigenvalue weighted by Crippen LogP contribution is 2.29. The highest BCUT2D eigenvalue weighted by Gasteiger charge is 2.10. The lowest BCUT2D eigenvalue weighted by molar-refractivity contribution is 0.867. The number of anilines is 2. The van der Waals surface area contributed by atoms with E-state index in [1.807, 2.05) is 6.07 Å². The second-order valence-corrected chi connectivity index (χ2v) is 4.72. The molecule has 0 saturated heterocycles. The van der Waals surface area contributed by atoms with Crippen molar-refractivity contribution in [2.45, 2.75) is 26.7 Å². The van der Waals surface area contributed by atoms with E-state index in [2.05, 4.69) is 54.3 Å². The van der Waals surface area contributed by atoms with Gasteiger partial charge in [0.2, 0.25) is 0 Å². The lowest BCUT2D eigenvalue weighted by Gasteiger charge is -2.16. The van der Waals surface area contributed by atoms with E-state index in [1.165, 1.54) is 11.9 Å². The minimum absolute atomic E-state index is 0.359. The van der Waals surface area contributed by atoms with Gasteiger partial charge in [0.25, 0.3) is 0 Å². The van der Waals surface area contributed by atoms with E-state index in [-0.39, 0.29) is 0 Å². The maximum atomic E-state index is 8.86. The van der Waals surface area contributed by atoms with Gasteiger partial charge in [-0.2, -0.15) is 5.26 Å². The second-order valence-electron chi connectivity index (χ2n) is 4.72. The van der Waals surface area contributed by atoms with Gasteiger partial charge in [-0.3, -0.25) is 0 Å². The van der Waals surface area contributed by atoms with Gasteiger partial charge in [0, 0.05) is 11.8 Å². The quantitative estimate of drug-likeness (QED) is 0.907. The standard InChI is InChI=1S/C15H16N4/c1-10(2)13-6-4-5-11(3)15(13)19-14-7-12(8-16)17-9-18-14/h4-7,9-10H,1-3H3,(H,17,18,19). The van der Waals surface area contributed by atoms with Gasteiger partial charge in [0.05, 0.1) is 0 Å². The van der Waals surface area contributed by atoms with E-state index in [1.54, 1.807) is 6.07 Å². The van der Waals surface area contributed by atoms with Crippen LogP contribution in [0.3, 0.4) is 0 Å². The molecule has 2 rings (SSSR count). The first-order chi connectivity index (χ1) is 9.11. The van der Waals surface area contributed by atoms with Crippen LogP contribution in [0.1, 0.15) is 36.6 Å². The summed E-state index contributed by atoms with van der Waals surface area (Å²) in [5, 5.41) is 12.2. The summed E-state index contributed by atoms with van der Waals surface area (Å²) < 4.78 is 0. The molecule has 19 heavy (non-hydrogen) atoms. The molecule has 0 atom stereocenters. The minimum atomic E-state index is 0.359. The average Bonchev–Trinajstić information content (AvgIpc) is 2.41. The van der Waals surface area contributed by atoms with Crippen molar-refractivity contribution in [1.29, 1.82) is 5.26 Å². The molecular weight excluding hydrogens is 236 g/mol.